The summed E-state index contributed by atoms with van der Waals surface area (Å²) in [4.78, 5) is 4.18. The van der Waals surface area contributed by atoms with Crippen molar-refractivity contribution in [2.45, 2.75) is 46.6 Å². The highest BCUT2D eigenvalue weighted by Gasteiger charge is 2.04. The molecule has 0 aromatic carbocycles. The predicted octanol–water partition coefficient (Wildman–Crippen LogP) is 1.24. The van der Waals surface area contributed by atoms with Gasteiger partial charge >= 0.3 is 0 Å². The normalized spacial score (nSPS) is 14.3. The molecular formula is C10H24N4. The fourth-order valence-corrected chi connectivity index (χ4v) is 1.18. The molecule has 0 fully saturated rings. The van der Waals surface area contributed by atoms with Gasteiger partial charge in [0.05, 0.1) is 0 Å². The van der Waals surface area contributed by atoms with Gasteiger partial charge in [-0.1, -0.05) is 13.8 Å². The van der Waals surface area contributed by atoms with E-state index in [0.717, 1.165) is 18.9 Å². The Morgan fingerprint density at radius 3 is 2.36 bits per heavy atom. The SMILES string of the molecule is CCN=C(NN)NC(C)CCC(C)C. The van der Waals surface area contributed by atoms with Crippen LogP contribution in [-0.4, -0.2) is 18.5 Å². The summed E-state index contributed by atoms with van der Waals surface area (Å²) in [5.74, 6) is 6.75. The van der Waals surface area contributed by atoms with Crippen LogP contribution in [0.2, 0.25) is 0 Å². The lowest BCUT2D eigenvalue weighted by molar-refractivity contribution is 0.489. The average molecular weight is 200 g/mol. The van der Waals surface area contributed by atoms with E-state index in [9.17, 15) is 0 Å². The van der Waals surface area contributed by atoms with Crippen LogP contribution >= 0.6 is 0 Å². The zero-order valence-corrected chi connectivity index (χ0v) is 9.80. The van der Waals surface area contributed by atoms with Gasteiger partial charge in [0.25, 0.3) is 0 Å². The molecule has 0 bridgehead atoms. The smallest absolute Gasteiger partial charge is 0.205 e. The summed E-state index contributed by atoms with van der Waals surface area (Å²) in [6.07, 6.45) is 2.36. The van der Waals surface area contributed by atoms with Crippen molar-refractivity contribution < 1.29 is 0 Å². The van der Waals surface area contributed by atoms with Gasteiger partial charge in [-0.3, -0.25) is 10.4 Å². The largest absolute Gasteiger partial charge is 0.353 e. The van der Waals surface area contributed by atoms with E-state index in [1.807, 2.05) is 6.92 Å². The van der Waals surface area contributed by atoms with Crippen LogP contribution in [0.4, 0.5) is 0 Å². The maximum absolute atomic E-state index is 5.32. The van der Waals surface area contributed by atoms with Crippen LogP contribution in [-0.2, 0) is 0 Å². The minimum absolute atomic E-state index is 0.416. The molecule has 0 amide bonds. The van der Waals surface area contributed by atoms with E-state index in [0.29, 0.717) is 12.0 Å². The van der Waals surface area contributed by atoms with Crippen LogP contribution in [0.15, 0.2) is 4.99 Å². The molecule has 0 spiro atoms. The summed E-state index contributed by atoms with van der Waals surface area (Å²) in [5.41, 5.74) is 2.56. The summed E-state index contributed by atoms with van der Waals surface area (Å²) < 4.78 is 0. The summed E-state index contributed by atoms with van der Waals surface area (Å²) in [7, 11) is 0. The van der Waals surface area contributed by atoms with Crippen molar-refractivity contribution in [2.24, 2.45) is 16.8 Å². The van der Waals surface area contributed by atoms with E-state index < -0.39 is 0 Å². The number of nitrogens with one attached hydrogen (secondary N) is 2. The Morgan fingerprint density at radius 2 is 1.93 bits per heavy atom. The molecule has 0 aromatic rings. The second-order valence-corrected chi connectivity index (χ2v) is 3.98. The van der Waals surface area contributed by atoms with Crippen LogP contribution in [0.1, 0.15) is 40.5 Å². The molecular weight excluding hydrogens is 176 g/mol. The quantitative estimate of drug-likeness (QED) is 0.271. The second kappa shape index (κ2) is 7.62. The van der Waals surface area contributed by atoms with E-state index in [1.54, 1.807) is 0 Å². The van der Waals surface area contributed by atoms with Crippen molar-refractivity contribution in [3.05, 3.63) is 0 Å². The van der Waals surface area contributed by atoms with Gasteiger partial charge in [0.15, 0.2) is 0 Å². The Morgan fingerprint density at radius 1 is 1.29 bits per heavy atom. The second-order valence-electron chi connectivity index (χ2n) is 3.98. The van der Waals surface area contributed by atoms with Gasteiger partial charge in [0.1, 0.15) is 0 Å². The molecule has 1 atom stereocenters. The number of hydrazine groups is 1. The van der Waals surface area contributed by atoms with E-state index in [-0.39, 0.29) is 0 Å². The first-order chi connectivity index (χ1) is 6.60. The number of nitrogens with zero attached hydrogens (tertiary/aromatic N) is 1. The first-order valence-corrected chi connectivity index (χ1v) is 5.37. The Bertz CT molecular complexity index is 166. The number of guanidine groups is 1. The third kappa shape index (κ3) is 6.71. The van der Waals surface area contributed by atoms with Crippen molar-refractivity contribution in [2.75, 3.05) is 6.54 Å². The van der Waals surface area contributed by atoms with Crippen molar-refractivity contribution in [1.29, 1.82) is 0 Å². The molecule has 4 heteroatoms. The van der Waals surface area contributed by atoms with E-state index in [2.05, 4.69) is 36.5 Å². The van der Waals surface area contributed by atoms with Crippen LogP contribution in [0.25, 0.3) is 0 Å². The lowest BCUT2D eigenvalue weighted by Crippen LogP contribution is -2.45. The predicted molar refractivity (Wildman–Crippen MR) is 62.0 cm³/mol. The molecule has 1 unspecified atom stereocenters. The van der Waals surface area contributed by atoms with Gasteiger partial charge in [0.2, 0.25) is 5.96 Å². The molecule has 4 nitrogen and oxygen atoms in total. The first-order valence-electron chi connectivity index (χ1n) is 5.37. The zero-order chi connectivity index (χ0) is 11.0. The molecule has 0 saturated heterocycles. The van der Waals surface area contributed by atoms with Crippen LogP contribution in [0.3, 0.4) is 0 Å². The van der Waals surface area contributed by atoms with Crippen LogP contribution < -0.4 is 16.6 Å². The fraction of sp³-hybridized carbons (Fsp3) is 0.900. The molecule has 0 aliphatic rings. The molecule has 0 saturated carbocycles. The van der Waals surface area contributed by atoms with Gasteiger partial charge in [0, 0.05) is 12.6 Å². The lowest BCUT2D eigenvalue weighted by atomic mass is 10.0. The molecule has 0 heterocycles. The standard InChI is InChI=1S/C10H24N4/c1-5-12-10(14-11)13-9(4)7-6-8(2)3/h8-9H,5-7,11H2,1-4H3,(H2,12,13,14). The molecule has 14 heavy (non-hydrogen) atoms. The minimum Gasteiger partial charge on any atom is -0.353 e. The maximum Gasteiger partial charge on any atom is 0.205 e. The van der Waals surface area contributed by atoms with Gasteiger partial charge in [-0.25, -0.2) is 5.84 Å². The molecule has 0 rings (SSSR count). The van der Waals surface area contributed by atoms with Gasteiger partial charge in [-0.05, 0) is 32.6 Å². The summed E-state index contributed by atoms with van der Waals surface area (Å²) >= 11 is 0. The molecule has 4 N–H and O–H groups in total. The Hall–Kier alpha value is -0.770. The van der Waals surface area contributed by atoms with E-state index >= 15 is 0 Å². The third-order valence-electron chi connectivity index (χ3n) is 2.01. The minimum atomic E-state index is 0.416. The highest BCUT2D eigenvalue weighted by Crippen LogP contribution is 2.05. The first kappa shape index (κ1) is 13.2. The molecule has 0 radical (unpaired) electrons. The monoisotopic (exact) mass is 200 g/mol. The average Bonchev–Trinajstić information content (AvgIpc) is 2.14. The molecule has 0 aliphatic carbocycles. The van der Waals surface area contributed by atoms with Crippen molar-refractivity contribution >= 4 is 5.96 Å². The Kier molecular flexibility index (Phi) is 7.20. The van der Waals surface area contributed by atoms with Crippen molar-refractivity contribution in [3.63, 3.8) is 0 Å². The fourth-order valence-electron chi connectivity index (χ4n) is 1.18. The Labute approximate surface area is 87.3 Å². The highest BCUT2D eigenvalue weighted by molar-refractivity contribution is 5.79. The van der Waals surface area contributed by atoms with E-state index in [1.165, 1.54) is 6.42 Å². The van der Waals surface area contributed by atoms with Crippen LogP contribution in [0, 0.1) is 5.92 Å². The number of hydrogen-bond donors (Lipinski definition) is 3. The maximum atomic E-state index is 5.32. The lowest BCUT2D eigenvalue weighted by Gasteiger charge is -2.17. The number of aliphatic imine (C=N–C) groups is 1. The zero-order valence-electron chi connectivity index (χ0n) is 9.80. The third-order valence-corrected chi connectivity index (χ3v) is 2.01. The summed E-state index contributed by atoms with van der Waals surface area (Å²) in [6, 6.07) is 0.416. The molecule has 0 aliphatic heterocycles. The Balaban J connectivity index is 3.79. The highest BCUT2D eigenvalue weighted by atomic mass is 15.3. The molecule has 84 valence electrons. The van der Waals surface area contributed by atoms with Crippen molar-refractivity contribution in [3.8, 4) is 0 Å². The summed E-state index contributed by atoms with van der Waals surface area (Å²) in [5, 5.41) is 3.24. The van der Waals surface area contributed by atoms with E-state index in [4.69, 9.17) is 5.84 Å². The number of rotatable bonds is 5. The van der Waals surface area contributed by atoms with Crippen LogP contribution in [0.5, 0.6) is 0 Å². The number of nitrogens with two attached hydrogens (primary N) is 1. The van der Waals surface area contributed by atoms with Crippen molar-refractivity contribution in [1.82, 2.24) is 10.7 Å². The van der Waals surface area contributed by atoms with Gasteiger partial charge < -0.3 is 5.32 Å². The topological polar surface area (TPSA) is 62.4 Å². The molecule has 0 aromatic heterocycles. The number of hydrogen-bond acceptors (Lipinski definition) is 2. The summed E-state index contributed by atoms with van der Waals surface area (Å²) in [6.45, 7) is 9.33. The van der Waals surface area contributed by atoms with Gasteiger partial charge in [-0.15, -0.1) is 0 Å². The van der Waals surface area contributed by atoms with Gasteiger partial charge in [-0.2, -0.15) is 0 Å².